The molecule has 0 atom stereocenters. The van der Waals surface area contributed by atoms with Crippen molar-refractivity contribution in [2.45, 2.75) is 10.9 Å². The highest BCUT2D eigenvalue weighted by Crippen LogP contribution is 2.28. The fourth-order valence-corrected chi connectivity index (χ4v) is 4.34. The van der Waals surface area contributed by atoms with Crippen LogP contribution in [0.5, 0.6) is 0 Å². The predicted molar refractivity (Wildman–Crippen MR) is 94.4 cm³/mol. The molecule has 0 aliphatic carbocycles. The van der Waals surface area contributed by atoms with E-state index in [2.05, 4.69) is 10.3 Å². The Morgan fingerprint density at radius 3 is 2.38 bits per heavy atom. The lowest BCUT2D eigenvalue weighted by atomic mass is 10.1. The van der Waals surface area contributed by atoms with Crippen LogP contribution in [0.3, 0.4) is 0 Å². The molecule has 7 nitrogen and oxygen atoms in total. The summed E-state index contributed by atoms with van der Waals surface area (Å²) in [6.07, 6.45) is 1.84. The summed E-state index contributed by atoms with van der Waals surface area (Å²) in [6, 6.07) is 17.6. The second-order valence-corrected chi connectivity index (χ2v) is 8.00. The fraction of sp³-hybridized carbons (Fsp3) is 0.167. The Hall–Kier alpha value is -3.02. The van der Waals surface area contributed by atoms with E-state index in [1.54, 1.807) is 4.68 Å². The third kappa shape index (κ3) is 2.87. The van der Waals surface area contributed by atoms with Gasteiger partial charge in [-0.25, -0.2) is 13.1 Å². The van der Waals surface area contributed by atoms with Crippen LogP contribution in [-0.4, -0.2) is 40.8 Å². The van der Waals surface area contributed by atoms with Crippen LogP contribution >= 0.6 is 0 Å². The van der Waals surface area contributed by atoms with Crippen molar-refractivity contribution < 1.29 is 8.42 Å². The van der Waals surface area contributed by atoms with Crippen LogP contribution in [0, 0.1) is 11.3 Å². The SMILES string of the molecule is N#Cc1ccc(S(=O)(=O)N2CC(n3cc(-c4ccccc4)nn3)C2)cc1. The van der Waals surface area contributed by atoms with E-state index in [9.17, 15) is 8.42 Å². The third-order valence-electron chi connectivity index (χ3n) is 4.40. The Bertz CT molecular complexity index is 1060. The maximum Gasteiger partial charge on any atom is 0.243 e. The van der Waals surface area contributed by atoms with Crippen LogP contribution in [0.15, 0.2) is 65.7 Å². The lowest BCUT2D eigenvalue weighted by Gasteiger charge is -2.37. The minimum absolute atomic E-state index is 0.0341. The zero-order valence-electron chi connectivity index (χ0n) is 13.7. The first-order valence-electron chi connectivity index (χ1n) is 8.05. The quantitative estimate of drug-likeness (QED) is 0.706. The summed E-state index contributed by atoms with van der Waals surface area (Å²) in [5, 5.41) is 17.1. The zero-order valence-corrected chi connectivity index (χ0v) is 14.5. The highest BCUT2D eigenvalue weighted by Gasteiger charge is 2.38. The average Bonchev–Trinajstić information content (AvgIpc) is 3.10. The Labute approximate surface area is 151 Å². The summed E-state index contributed by atoms with van der Waals surface area (Å²) >= 11 is 0. The molecule has 1 aliphatic rings. The average molecular weight is 365 g/mol. The number of hydrogen-bond donors (Lipinski definition) is 0. The standard InChI is InChI=1S/C18H15N5O2S/c19-10-14-6-8-17(9-7-14)26(24,25)22-11-16(12-22)23-13-18(20-21-23)15-4-2-1-3-5-15/h1-9,13,16H,11-12H2. The number of sulfonamides is 1. The van der Waals surface area contributed by atoms with Crippen LogP contribution in [0.4, 0.5) is 0 Å². The summed E-state index contributed by atoms with van der Waals surface area (Å²) in [4.78, 5) is 0.193. The summed E-state index contributed by atoms with van der Waals surface area (Å²) in [7, 11) is -3.55. The van der Waals surface area contributed by atoms with E-state index >= 15 is 0 Å². The molecule has 4 rings (SSSR count). The van der Waals surface area contributed by atoms with Crippen molar-refractivity contribution in [3.8, 4) is 17.3 Å². The minimum atomic E-state index is -3.55. The largest absolute Gasteiger partial charge is 0.246 e. The topological polar surface area (TPSA) is 91.9 Å². The van der Waals surface area contributed by atoms with Crippen molar-refractivity contribution in [1.82, 2.24) is 19.3 Å². The lowest BCUT2D eigenvalue weighted by molar-refractivity contribution is 0.189. The van der Waals surface area contributed by atoms with Crippen molar-refractivity contribution >= 4 is 10.0 Å². The molecule has 0 radical (unpaired) electrons. The number of rotatable bonds is 4. The van der Waals surface area contributed by atoms with Gasteiger partial charge in [0.1, 0.15) is 5.69 Å². The van der Waals surface area contributed by atoms with Gasteiger partial charge in [-0.1, -0.05) is 35.5 Å². The summed E-state index contributed by atoms with van der Waals surface area (Å²) in [5.41, 5.74) is 2.17. The fourth-order valence-electron chi connectivity index (χ4n) is 2.83. The Balaban J connectivity index is 1.47. The van der Waals surface area contributed by atoms with E-state index < -0.39 is 10.0 Å². The molecule has 0 amide bonds. The number of benzene rings is 2. The van der Waals surface area contributed by atoms with Gasteiger partial charge in [0.05, 0.1) is 28.8 Å². The molecule has 0 bridgehead atoms. The number of hydrogen-bond acceptors (Lipinski definition) is 5. The number of aromatic nitrogens is 3. The molecule has 0 unspecified atom stereocenters. The van der Waals surface area contributed by atoms with E-state index in [4.69, 9.17) is 5.26 Å². The van der Waals surface area contributed by atoms with Crippen molar-refractivity contribution in [3.63, 3.8) is 0 Å². The second kappa shape index (κ2) is 6.37. The third-order valence-corrected chi connectivity index (χ3v) is 6.25. The van der Waals surface area contributed by atoms with Gasteiger partial charge in [-0.05, 0) is 24.3 Å². The molecule has 1 saturated heterocycles. The molecule has 8 heteroatoms. The number of nitriles is 1. The summed E-state index contributed by atoms with van der Waals surface area (Å²) < 4.78 is 28.4. The molecular formula is C18H15N5O2S. The van der Waals surface area contributed by atoms with Crippen LogP contribution < -0.4 is 0 Å². The van der Waals surface area contributed by atoms with Crippen LogP contribution in [0.2, 0.25) is 0 Å². The Morgan fingerprint density at radius 2 is 1.73 bits per heavy atom. The Kier molecular flexibility index (Phi) is 4.03. The maximum atomic E-state index is 12.6. The van der Waals surface area contributed by atoms with Crippen LogP contribution in [0.1, 0.15) is 11.6 Å². The smallest absolute Gasteiger partial charge is 0.243 e. The summed E-state index contributed by atoms with van der Waals surface area (Å²) in [5.74, 6) is 0. The molecule has 26 heavy (non-hydrogen) atoms. The second-order valence-electron chi connectivity index (χ2n) is 6.06. The molecular weight excluding hydrogens is 350 g/mol. The van der Waals surface area contributed by atoms with E-state index in [0.717, 1.165) is 11.3 Å². The molecule has 1 aliphatic heterocycles. The molecule has 1 fully saturated rings. The van der Waals surface area contributed by atoms with Crippen molar-refractivity contribution in [2.75, 3.05) is 13.1 Å². The highest BCUT2D eigenvalue weighted by molar-refractivity contribution is 7.89. The molecule has 0 saturated carbocycles. The van der Waals surface area contributed by atoms with Gasteiger partial charge in [-0.3, -0.25) is 0 Å². The highest BCUT2D eigenvalue weighted by atomic mass is 32.2. The molecule has 2 aromatic carbocycles. The predicted octanol–water partition coefficient (Wildman–Crippen LogP) is 2.06. The molecule has 3 aromatic rings. The zero-order chi connectivity index (χ0) is 18.1. The van der Waals surface area contributed by atoms with Crippen LogP contribution in [-0.2, 0) is 10.0 Å². The van der Waals surface area contributed by atoms with E-state index in [1.165, 1.54) is 28.6 Å². The van der Waals surface area contributed by atoms with E-state index in [-0.39, 0.29) is 10.9 Å². The Morgan fingerprint density at radius 1 is 1.04 bits per heavy atom. The molecule has 0 N–H and O–H groups in total. The van der Waals surface area contributed by atoms with Crippen molar-refractivity contribution in [2.24, 2.45) is 0 Å². The van der Waals surface area contributed by atoms with E-state index in [1.807, 2.05) is 42.6 Å². The first kappa shape index (κ1) is 16.4. The number of nitrogens with zero attached hydrogens (tertiary/aromatic N) is 5. The van der Waals surface area contributed by atoms with E-state index in [0.29, 0.717) is 18.7 Å². The van der Waals surface area contributed by atoms with Crippen molar-refractivity contribution in [3.05, 3.63) is 66.4 Å². The normalized spacial score (nSPS) is 15.3. The van der Waals surface area contributed by atoms with Gasteiger partial charge < -0.3 is 0 Å². The summed E-state index contributed by atoms with van der Waals surface area (Å²) in [6.45, 7) is 0.694. The first-order valence-corrected chi connectivity index (χ1v) is 9.49. The van der Waals surface area contributed by atoms with Crippen molar-refractivity contribution in [1.29, 1.82) is 5.26 Å². The van der Waals surface area contributed by atoms with Gasteiger partial charge in [0.15, 0.2) is 0 Å². The van der Waals surface area contributed by atoms with Gasteiger partial charge in [0.25, 0.3) is 0 Å². The van der Waals surface area contributed by atoms with Gasteiger partial charge >= 0.3 is 0 Å². The van der Waals surface area contributed by atoms with Crippen LogP contribution in [0.25, 0.3) is 11.3 Å². The molecule has 130 valence electrons. The van der Waals surface area contributed by atoms with Gasteiger partial charge in [0, 0.05) is 18.7 Å². The van der Waals surface area contributed by atoms with Gasteiger partial charge in [-0.15, -0.1) is 5.10 Å². The molecule has 1 aromatic heterocycles. The maximum absolute atomic E-state index is 12.6. The van der Waals surface area contributed by atoms with Gasteiger partial charge in [-0.2, -0.15) is 9.57 Å². The molecule has 2 heterocycles. The monoisotopic (exact) mass is 365 g/mol. The van der Waals surface area contributed by atoms with Gasteiger partial charge in [0.2, 0.25) is 10.0 Å². The minimum Gasteiger partial charge on any atom is -0.246 e. The lowest BCUT2D eigenvalue weighted by Crippen LogP contribution is -2.50. The first-order chi connectivity index (χ1) is 12.6. The molecule has 0 spiro atoms.